The lowest BCUT2D eigenvalue weighted by Gasteiger charge is -2.25. The number of anilines is 1. The van der Waals surface area contributed by atoms with Gasteiger partial charge in [-0.05, 0) is 12.1 Å². The molecule has 0 aromatic heterocycles. The van der Waals surface area contributed by atoms with E-state index in [4.69, 9.17) is 11.6 Å². The monoisotopic (exact) mass is 314 g/mol. The number of fused-ring (bicyclic) bond motifs is 1. The highest BCUT2D eigenvalue weighted by Crippen LogP contribution is 2.36. The lowest BCUT2D eigenvalue weighted by atomic mass is 10.3. The average Bonchev–Trinajstić information content (AvgIpc) is 2.12. The second kappa shape index (κ2) is 3.80. The number of nitrogens with one attached hydrogen (secondary N) is 1. The highest BCUT2D eigenvalue weighted by atomic mass is 35.5. The van der Waals surface area contributed by atoms with Gasteiger partial charge in [0.1, 0.15) is 4.90 Å². The molecule has 7 nitrogen and oxygen atoms in total. The van der Waals surface area contributed by atoms with Gasteiger partial charge >= 0.3 is 16.4 Å². The summed E-state index contributed by atoms with van der Waals surface area (Å²) in [6.45, 7) is 0. The van der Waals surface area contributed by atoms with Crippen LogP contribution in [0.5, 0.6) is 0 Å². The summed E-state index contributed by atoms with van der Waals surface area (Å²) in [7, 11) is -10.7. The standard InChI is InChI=1S/C7H4ClFN2O5S2/c8-4-2-1-3-5-6(4)17(13,14)11(7(12)10-5)18(9,15)16/h1-3H,(H,10,12). The molecule has 0 atom stereocenters. The minimum atomic E-state index is -5.77. The summed E-state index contributed by atoms with van der Waals surface area (Å²) in [4.78, 5) is 10.6. The number of halogens is 2. The predicted molar refractivity (Wildman–Crippen MR) is 59.5 cm³/mol. The molecule has 0 bridgehead atoms. The fourth-order valence-electron chi connectivity index (χ4n) is 1.44. The zero-order chi connectivity index (χ0) is 13.7. The van der Waals surface area contributed by atoms with Crippen molar-refractivity contribution in [1.29, 1.82) is 0 Å². The van der Waals surface area contributed by atoms with Crippen LogP contribution < -0.4 is 5.32 Å². The first kappa shape index (κ1) is 13.1. The summed E-state index contributed by atoms with van der Waals surface area (Å²) < 4.78 is 57.1. The molecule has 1 heterocycles. The molecule has 1 aliphatic heterocycles. The number of nitrogens with zero attached hydrogens (tertiary/aromatic N) is 1. The zero-order valence-electron chi connectivity index (χ0n) is 8.29. The van der Waals surface area contributed by atoms with Crippen molar-refractivity contribution in [2.75, 3.05) is 5.32 Å². The molecule has 1 aliphatic rings. The SMILES string of the molecule is O=C1Nc2cccc(Cl)c2S(=O)(=O)N1S(=O)(=O)F. The molecule has 0 unspecified atom stereocenters. The number of rotatable bonds is 1. The first-order chi connectivity index (χ1) is 8.15. The number of amides is 2. The van der Waals surface area contributed by atoms with Crippen LogP contribution in [0.3, 0.4) is 0 Å². The van der Waals surface area contributed by atoms with Gasteiger partial charge in [-0.15, -0.1) is 0 Å². The fraction of sp³-hybridized carbons (Fsp3) is 0. The first-order valence-electron chi connectivity index (χ1n) is 4.25. The van der Waals surface area contributed by atoms with Crippen LogP contribution in [-0.4, -0.2) is 26.6 Å². The van der Waals surface area contributed by atoms with Crippen molar-refractivity contribution >= 4 is 43.8 Å². The Hall–Kier alpha value is -1.39. The quantitative estimate of drug-likeness (QED) is 0.782. The Balaban J connectivity index is 2.83. The summed E-state index contributed by atoms with van der Waals surface area (Å²) in [5, 5.41) is 1.58. The third-order valence-electron chi connectivity index (χ3n) is 2.05. The van der Waals surface area contributed by atoms with Crippen LogP contribution in [-0.2, 0) is 20.4 Å². The highest BCUT2D eigenvalue weighted by molar-refractivity contribution is 8.03. The molecular weight excluding hydrogens is 311 g/mol. The average molecular weight is 315 g/mol. The van der Waals surface area contributed by atoms with Crippen LogP contribution in [0, 0.1) is 0 Å². The normalized spacial score (nSPS) is 18.1. The van der Waals surface area contributed by atoms with E-state index in [1.807, 2.05) is 5.32 Å². The van der Waals surface area contributed by atoms with E-state index in [-0.39, 0.29) is 10.7 Å². The Morgan fingerprint density at radius 2 is 1.94 bits per heavy atom. The maximum Gasteiger partial charge on any atom is 0.417 e. The molecule has 0 fully saturated rings. The van der Waals surface area contributed by atoms with E-state index in [0.717, 1.165) is 0 Å². The van der Waals surface area contributed by atoms with Gasteiger partial charge in [0.15, 0.2) is 0 Å². The predicted octanol–water partition coefficient (Wildman–Crippen LogP) is 1.09. The summed E-state index contributed by atoms with van der Waals surface area (Å²) in [5.41, 5.74) is -0.215. The van der Waals surface area contributed by atoms with Gasteiger partial charge in [0.05, 0.1) is 10.7 Å². The maximum absolute atomic E-state index is 12.9. The molecule has 0 spiro atoms. The van der Waals surface area contributed by atoms with Crippen LogP contribution in [0.2, 0.25) is 5.02 Å². The molecule has 1 aromatic rings. The molecule has 2 rings (SSSR count). The highest BCUT2D eigenvalue weighted by Gasteiger charge is 2.46. The van der Waals surface area contributed by atoms with E-state index in [2.05, 4.69) is 0 Å². The van der Waals surface area contributed by atoms with Crippen molar-refractivity contribution < 1.29 is 25.5 Å². The minimum Gasteiger partial charge on any atom is -0.305 e. The van der Waals surface area contributed by atoms with Crippen molar-refractivity contribution in [3.8, 4) is 0 Å². The van der Waals surface area contributed by atoms with Crippen molar-refractivity contribution in [2.24, 2.45) is 0 Å². The van der Waals surface area contributed by atoms with Gasteiger partial charge in [0.2, 0.25) is 0 Å². The lowest BCUT2D eigenvalue weighted by Crippen LogP contribution is -2.45. The molecule has 0 saturated carbocycles. The van der Waals surface area contributed by atoms with Crippen LogP contribution >= 0.6 is 11.6 Å². The summed E-state index contributed by atoms with van der Waals surface area (Å²) in [6, 6.07) is 2.07. The van der Waals surface area contributed by atoms with Gasteiger partial charge in [-0.3, -0.25) is 0 Å². The maximum atomic E-state index is 12.9. The van der Waals surface area contributed by atoms with Gasteiger partial charge in [-0.1, -0.05) is 25.3 Å². The first-order valence-corrected chi connectivity index (χ1v) is 7.41. The number of hydrogen-bond donors (Lipinski definition) is 1. The smallest absolute Gasteiger partial charge is 0.305 e. The van der Waals surface area contributed by atoms with Gasteiger partial charge < -0.3 is 5.32 Å². The van der Waals surface area contributed by atoms with Crippen molar-refractivity contribution in [3.05, 3.63) is 23.2 Å². The van der Waals surface area contributed by atoms with Crippen molar-refractivity contribution in [1.82, 2.24) is 3.71 Å². The summed E-state index contributed by atoms with van der Waals surface area (Å²) in [6.07, 6.45) is 0. The fourth-order valence-corrected chi connectivity index (χ4v) is 4.45. The second-order valence-electron chi connectivity index (χ2n) is 3.19. The Labute approximate surface area is 107 Å². The zero-order valence-corrected chi connectivity index (χ0v) is 10.7. The van der Waals surface area contributed by atoms with Crippen molar-refractivity contribution in [2.45, 2.75) is 4.90 Å². The number of benzene rings is 1. The van der Waals surface area contributed by atoms with Gasteiger partial charge in [-0.2, -0.15) is 16.8 Å². The number of carbonyl (C=O) groups excluding carboxylic acids is 1. The topological polar surface area (TPSA) is 101 Å². The van der Waals surface area contributed by atoms with Gasteiger partial charge in [0.25, 0.3) is 10.0 Å². The molecule has 0 radical (unpaired) electrons. The second-order valence-corrected chi connectivity index (χ2v) is 6.74. The summed E-state index contributed by atoms with van der Waals surface area (Å²) >= 11 is 5.62. The van der Waals surface area contributed by atoms with E-state index >= 15 is 0 Å². The van der Waals surface area contributed by atoms with E-state index < -0.39 is 35.1 Å². The Bertz CT molecular complexity index is 745. The van der Waals surface area contributed by atoms with Crippen molar-refractivity contribution in [3.63, 3.8) is 0 Å². The molecule has 1 N–H and O–H groups in total. The molecule has 0 saturated heterocycles. The van der Waals surface area contributed by atoms with E-state index in [1.54, 1.807) is 0 Å². The molecule has 18 heavy (non-hydrogen) atoms. The molecule has 0 aliphatic carbocycles. The number of urea groups is 1. The number of hydrogen-bond acceptors (Lipinski definition) is 5. The molecule has 1 aromatic carbocycles. The van der Waals surface area contributed by atoms with Gasteiger partial charge in [-0.25, -0.2) is 4.79 Å². The summed E-state index contributed by atoms with van der Waals surface area (Å²) in [5.74, 6) is 0. The third-order valence-corrected chi connectivity index (χ3v) is 5.72. The van der Waals surface area contributed by atoms with Crippen LogP contribution in [0.15, 0.2) is 23.1 Å². The molecule has 2 amide bonds. The Kier molecular flexibility index (Phi) is 2.76. The Morgan fingerprint density at radius 1 is 1.33 bits per heavy atom. The van der Waals surface area contributed by atoms with Crippen LogP contribution in [0.1, 0.15) is 0 Å². The van der Waals surface area contributed by atoms with E-state index in [9.17, 15) is 25.5 Å². The lowest BCUT2D eigenvalue weighted by molar-refractivity contribution is 0.245. The molecule has 98 valence electrons. The number of sulfonamides is 1. The van der Waals surface area contributed by atoms with E-state index in [0.29, 0.717) is 0 Å². The molecule has 11 heteroatoms. The largest absolute Gasteiger partial charge is 0.417 e. The minimum absolute atomic E-state index is 0.215. The van der Waals surface area contributed by atoms with E-state index in [1.165, 1.54) is 18.2 Å². The molecular formula is C7H4ClFN2O5S2. The van der Waals surface area contributed by atoms with Crippen LogP contribution in [0.4, 0.5) is 14.4 Å². The van der Waals surface area contributed by atoms with Gasteiger partial charge in [0, 0.05) is 0 Å². The Morgan fingerprint density at radius 3 is 2.50 bits per heavy atom. The number of carbonyl (C=O) groups is 1. The third kappa shape index (κ3) is 1.82. The van der Waals surface area contributed by atoms with Crippen LogP contribution in [0.25, 0.3) is 0 Å².